The lowest BCUT2D eigenvalue weighted by atomic mass is 9.81. The Balaban J connectivity index is 1.58. The van der Waals surface area contributed by atoms with E-state index in [2.05, 4.69) is 25.9 Å². The Morgan fingerprint density at radius 3 is 2.80 bits per heavy atom. The van der Waals surface area contributed by atoms with Gasteiger partial charge in [-0.1, -0.05) is 0 Å². The number of fused-ring (bicyclic) bond motifs is 5. The molecule has 0 radical (unpaired) electrons. The van der Waals surface area contributed by atoms with Gasteiger partial charge in [0, 0.05) is 23.7 Å². The van der Waals surface area contributed by atoms with Crippen LogP contribution in [0.1, 0.15) is 18.4 Å². The second kappa shape index (κ2) is 6.89. The molecule has 156 valence electrons. The number of nitrogens with zero attached hydrogens (tertiary/aromatic N) is 2. The lowest BCUT2D eigenvalue weighted by molar-refractivity contribution is -0.123. The third-order valence-corrected chi connectivity index (χ3v) is 6.38. The van der Waals surface area contributed by atoms with Gasteiger partial charge in [-0.3, -0.25) is 9.59 Å². The highest BCUT2D eigenvalue weighted by Crippen LogP contribution is 2.49. The summed E-state index contributed by atoms with van der Waals surface area (Å²) in [4.78, 5) is 32.8. The Bertz CT molecular complexity index is 1050. The fraction of sp³-hybridized carbons (Fsp3) is 0.400. The normalized spacial score (nSPS) is 29.4. The number of carbonyl (C=O) groups excluding carboxylic acids is 2. The maximum atomic E-state index is 14.5. The molecule has 6 bridgehead atoms. The monoisotopic (exact) mass is 414 g/mol. The number of aromatic nitrogens is 2. The molecule has 10 heteroatoms. The van der Waals surface area contributed by atoms with Gasteiger partial charge in [-0.05, 0) is 42.5 Å². The maximum absolute atomic E-state index is 14.5. The molecule has 30 heavy (non-hydrogen) atoms. The zero-order valence-electron chi connectivity index (χ0n) is 15.9. The van der Waals surface area contributed by atoms with E-state index in [1.54, 1.807) is 0 Å². The van der Waals surface area contributed by atoms with Gasteiger partial charge in [0.1, 0.15) is 5.82 Å². The first-order chi connectivity index (χ1) is 14.4. The van der Waals surface area contributed by atoms with Crippen molar-refractivity contribution in [2.24, 2.45) is 23.5 Å². The van der Waals surface area contributed by atoms with E-state index in [0.717, 1.165) is 6.20 Å². The summed E-state index contributed by atoms with van der Waals surface area (Å²) in [7, 11) is 0. The number of primary amides is 1. The summed E-state index contributed by atoms with van der Waals surface area (Å²) >= 11 is 0. The number of hydrogen-bond acceptors (Lipinski definition) is 6. The average molecular weight is 414 g/mol. The van der Waals surface area contributed by atoms with Crippen LogP contribution in [0.5, 0.6) is 0 Å². The molecule has 5 N–H and O–H groups in total. The number of amides is 2. The van der Waals surface area contributed by atoms with Crippen LogP contribution in [0, 0.1) is 29.4 Å². The van der Waals surface area contributed by atoms with Crippen LogP contribution < -0.4 is 21.7 Å². The van der Waals surface area contributed by atoms with Crippen molar-refractivity contribution in [3.63, 3.8) is 0 Å². The first kappa shape index (κ1) is 18.7. The summed E-state index contributed by atoms with van der Waals surface area (Å²) in [5.41, 5.74) is 6.33. The van der Waals surface area contributed by atoms with Crippen LogP contribution in [0.4, 0.5) is 26.2 Å². The Hall–Kier alpha value is -3.30. The molecule has 1 aromatic carbocycles. The summed E-state index contributed by atoms with van der Waals surface area (Å²) in [5.74, 6) is -2.52. The molecule has 0 saturated heterocycles. The van der Waals surface area contributed by atoms with E-state index in [1.807, 2.05) is 0 Å². The minimum atomic E-state index is -0.668. The summed E-state index contributed by atoms with van der Waals surface area (Å²) < 4.78 is 28.7. The molecule has 1 aromatic heterocycles. The third kappa shape index (κ3) is 3.12. The predicted octanol–water partition coefficient (Wildman–Crippen LogP) is 1.46. The summed E-state index contributed by atoms with van der Waals surface area (Å²) in [6.07, 6.45) is 2.18. The SMILES string of the molecule is NC(=O)[C@H]1[C@H]2C[C@H]3[C@H]1Nc1nc(ncc1F)Nc1ccc(F)c(c1)CC(=O)N[C@@H]3C2. The van der Waals surface area contributed by atoms with Gasteiger partial charge >= 0.3 is 0 Å². The molecule has 1 aliphatic heterocycles. The summed E-state index contributed by atoms with van der Waals surface area (Å²) in [6, 6.07) is 3.56. The van der Waals surface area contributed by atoms with Crippen molar-refractivity contribution in [1.82, 2.24) is 15.3 Å². The van der Waals surface area contributed by atoms with E-state index < -0.39 is 29.5 Å². The Morgan fingerprint density at radius 2 is 2.00 bits per heavy atom. The molecule has 3 aliphatic rings. The second-order valence-electron chi connectivity index (χ2n) is 8.17. The first-order valence-corrected chi connectivity index (χ1v) is 9.82. The molecule has 5 rings (SSSR count). The maximum Gasteiger partial charge on any atom is 0.229 e. The molecular weight excluding hydrogens is 394 g/mol. The Morgan fingerprint density at radius 1 is 1.17 bits per heavy atom. The smallest absolute Gasteiger partial charge is 0.229 e. The van der Waals surface area contributed by atoms with Crippen molar-refractivity contribution in [2.75, 3.05) is 10.6 Å². The van der Waals surface area contributed by atoms with Gasteiger partial charge < -0.3 is 21.7 Å². The second-order valence-corrected chi connectivity index (χ2v) is 8.17. The summed E-state index contributed by atoms with van der Waals surface area (Å²) in [6.45, 7) is 0. The molecule has 2 heterocycles. The number of rotatable bonds is 1. The van der Waals surface area contributed by atoms with Crippen molar-refractivity contribution < 1.29 is 18.4 Å². The topological polar surface area (TPSA) is 122 Å². The van der Waals surface area contributed by atoms with Crippen molar-refractivity contribution >= 4 is 29.3 Å². The highest BCUT2D eigenvalue weighted by Gasteiger charge is 2.55. The zero-order chi connectivity index (χ0) is 21.0. The zero-order valence-corrected chi connectivity index (χ0v) is 15.9. The fourth-order valence-electron chi connectivity index (χ4n) is 5.17. The van der Waals surface area contributed by atoms with Crippen molar-refractivity contribution in [2.45, 2.75) is 31.3 Å². The number of benzene rings is 1. The highest BCUT2D eigenvalue weighted by atomic mass is 19.1. The predicted molar refractivity (Wildman–Crippen MR) is 104 cm³/mol. The number of anilines is 3. The molecule has 2 saturated carbocycles. The molecule has 2 aliphatic carbocycles. The molecule has 0 unspecified atom stereocenters. The largest absolute Gasteiger partial charge is 0.369 e. The van der Waals surface area contributed by atoms with E-state index in [1.165, 1.54) is 18.2 Å². The van der Waals surface area contributed by atoms with Gasteiger partial charge in [0.2, 0.25) is 17.8 Å². The van der Waals surface area contributed by atoms with Gasteiger partial charge in [0.25, 0.3) is 0 Å². The number of nitrogens with one attached hydrogen (secondary N) is 3. The van der Waals surface area contributed by atoms with E-state index in [0.29, 0.717) is 18.5 Å². The summed E-state index contributed by atoms with van der Waals surface area (Å²) in [5, 5.41) is 8.91. The molecule has 2 amide bonds. The quantitative estimate of drug-likeness (QED) is 0.561. The van der Waals surface area contributed by atoms with Crippen LogP contribution in [0.15, 0.2) is 24.4 Å². The van der Waals surface area contributed by atoms with Gasteiger partial charge in [0.05, 0.1) is 18.5 Å². The van der Waals surface area contributed by atoms with Gasteiger partial charge in [0.15, 0.2) is 11.6 Å². The average Bonchev–Trinajstić information content (AvgIpc) is 3.24. The van der Waals surface area contributed by atoms with E-state index in [-0.39, 0.29) is 47.5 Å². The first-order valence-electron chi connectivity index (χ1n) is 9.82. The number of hydrogen-bond donors (Lipinski definition) is 4. The van der Waals surface area contributed by atoms with Gasteiger partial charge in [-0.15, -0.1) is 0 Å². The number of nitrogens with two attached hydrogens (primary N) is 1. The Labute approximate surface area is 170 Å². The minimum Gasteiger partial charge on any atom is -0.369 e. The van der Waals surface area contributed by atoms with Crippen LogP contribution in [-0.2, 0) is 16.0 Å². The molecular formula is C20H20F2N6O2. The van der Waals surface area contributed by atoms with E-state index >= 15 is 0 Å². The van der Waals surface area contributed by atoms with Crippen molar-refractivity contribution in [3.8, 4) is 0 Å². The molecule has 2 fully saturated rings. The standard InChI is InChI=1S/C20H20F2N6O2/c21-12-2-1-10-3-8(12)6-15(29)26-14-5-9-4-11(14)17(16(9)18(23)30)27-19-13(22)7-24-20(25-10)28-19/h1-3,7,9,11,14,16-17H,4-6H2,(H2,23,30)(H,26,29)(H2,24,25,27,28)/t9-,11+,14+,16-,17+/m0/s1. The molecule has 8 nitrogen and oxygen atoms in total. The Kier molecular flexibility index (Phi) is 4.30. The lowest BCUT2D eigenvalue weighted by Crippen LogP contribution is -2.52. The van der Waals surface area contributed by atoms with Crippen LogP contribution in [0.25, 0.3) is 0 Å². The fourth-order valence-corrected chi connectivity index (χ4v) is 5.17. The van der Waals surface area contributed by atoms with Crippen molar-refractivity contribution in [3.05, 3.63) is 41.6 Å². The van der Waals surface area contributed by atoms with Crippen LogP contribution in [0.2, 0.25) is 0 Å². The minimum absolute atomic E-state index is 0.0224. The van der Waals surface area contributed by atoms with Crippen LogP contribution in [-0.4, -0.2) is 33.9 Å². The van der Waals surface area contributed by atoms with Crippen molar-refractivity contribution in [1.29, 1.82) is 0 Å². The van der Waals surface area contributed by atoms with E-state index in [9.17, 15) is 18.4 Å². The molecule has 2 aromatic rings. The lowest BCUT2D eigenvalue weighted by Gasteiger charge is -2.35. The van der Waals surface area contributed by atoms with E-state index in [4.69, 9.17) is 5.73 Å². The van der Waals surface area contributed by atoms with Gasteiger partial charge in [-0.2, -0.15) is 4.98 Å². The molecule has 5 atom stereocenters. The van der Waals surface area contributed by atoms with Gasteiger partial charge in [-0.25, -0.2) is 13.8 Å². The van der Waals surface area contributed by atoms with Crippen LogP contribution in [0.3, 0.4) is 0 Å². The number of halogens is 2. The highest BCUT2D eigenvalue weighted by molar-refractivity contribution is 5.81. The molecule has 0 spiro atoms. The third-order valence-electron chi connectivity index (χ3n) is 6.38. The van der Waals surface area contributed by atoms with Crippen LogP contribution >= 0.6 is 0 Å². The number of carbonyl (C=O) groups is 2.